The fourth-order valence-electron chi connectivity index (χ4n) is 1.69. The molecular weight excluding hydrogens is 198 g/mol. The Morgan fingerprint density at radius 1 is 1.33 bits per heavy atom. The lowest BCUT2D eigenvalue weighted by Gasteiger charge is -2.30. The second-order valence-corrected chi connectivity index (χ2v) is 4.93. The average Bonchev–Trinajstić information content (AvgIpc) is 2.00. The van der Waals surface area contributed by atoms with Crippen LogP contribution in [0, 0.1) is 5.41 Å². The quantitative estimate of drug-likeness (QED) is 0.633. The monoisotopic (exact) mass is 222 g/mol. The van der Waals surface area contributed by atoms with Gasteiger partial charge in [-0.3, -0.25) is 0 Å². The number of hydrogen-bond donors (Lipinski definition) is 1. The van der Waals surface area contributed by atoms with Crippen LogP contribution in [0.25, 0.3) is 0 Å². The molecule has 0 fully saturated rings. The zero-order valence-electron chi connectivity index (χ0n) is 10.3. The van der Waals surface area contributed by atoms with Crippen LogP contribution in [0.1, 0.15) is 27.2 Å². The Labute approximate surface area is 92.0 Å². The molecule has 0 rings (SSSR count). The first-order chi connectivity index (χ1) is 6.87. The molecule has 0 amide bonds. The van der Waals surface area contributed by atoms with Gasteiger partial charge < -0.3 is 10.2 Å². The van der Waals surface area contributed by atoms with Gasteiger partial charge in [-0.1, -0.05) is 20.8 Å². The Morgan fingerprint density at radius 3 is 2.40 bits per heavy atom. The molecule has 92 valence electrons. The van der Waals surface area contributed by atoms with Crippen molar-refractivity contribution in [2.24, 2.45) is 5.41 Å². The molecule has 1 N–H and O–H groups in total. The Hall–Kier alpha value is -0.220. The van der Waals surface area contributed by atoms with Crippen LogP contribution in [0.5, 0.6) is 0 Å². The van der Waals surface area contributed by atoms with Gasteiger partial charge in [-0.2, -0.15) is 0 Å². The molecule has 0 heterocycles. The van der Waals surface area contributed by atoms with Crippen LogP contribution in [0.4, 0.5) is 8.78 Å². The fourth-order valence-corrected chi connectivity index (χ4v) is 1.69. The van der Waals surface area contributed by atoms with E-state index in [4.69, 9.17) is 0 Å². The predicted molar refractivity (Wildman–Crippen MR) is 60.4 cm³/mol. The summed E-state index contributed by atoms with van der Waals surface area (Å²) in [4.78, 5) is 1.69. The molecule has 0 spiro atoms. The highest BCUT2D eigenvalue weighted by Gasteiger charge is 2.20. The number of nitrogens with zero attached hydrogens (tertiary/aromatic N) is 1. The standard InChI is InChI=1S/C11H24F2N2/c1-5-6-14-8-11(2,3)9-15(4)7-10(12)13/h10,14H,5-9H2,1-4H3. The number of rotatable bonds is 8. The number of hydrogen-bond acceptors (Lipinski definition) is 2. The van der Waals surface area contributed by atoms with E-state index in [-0.39, 0.29) is 12.0 Å². The fraction of sp³-hybridized carbons (Fsp3) is 1.00. The molecule has 0 aliphatic heterocycles. The van der Waals surface area contributed by atoms with Crippen LogP contribution < -0.4 is 5.32 Å². The third-order valence-corrected chi connectivity index (χ3v) is 2.18. The van der Waals surface area contributed by atoms with Gasteiger partial charge in [-0.25, -0.2) is 8.78 Å². The van der Waals surface area contributed by atoms with Gasteiger partial charge in [0.2, 0.25) is 0 Å². The minimum absolute atomic E-state index is 0.0405. The Kier molecular flexibility index (Phi) is 7.02. The number of nitrogens with one attached hydrogen (secondary N) is 1. The molecule has 0 aromatic rings. The Balaban J connectivity index is 3.79. The normalized spacial score (nSPS) is 12.8. The highest BCUT2D eigenvalue weighted by Crippen LogP contribution is 2.15. The molecule has 0 aliphatic carbocycles. The van der Waals surface area contributed by atoms with E-state index in [1.54, 1.807) is 11.9 Å². The molecule has 0 radical (unpaired) electrons. The van der Waals surface area contributed by atoms with Crippen LogP contribution in [0.2, 0.25) is 0 Å². The lowest BCUT2D eigenvalue weighted by Crippen LogP contribution is -2.40. The van der Waals surface area contributed by atoms with Crippen molar-refractivity contribution in [3.63, 3.8) is 0 Å². The summed E-state index contributed by atoms with van der Waals surface area (Å²) in [5.74, 6) is 0. The Morgan fingerprint density at radius 2 is 1.93 bits per heavy atom. The lowest BCUT2D eigenvalue weighted by molar-refractivity contribution is 0.0822. The van der Waals surface area contributed by atoms with E-state index >= 15 is 0 Å². The van der Waals surface area contributed by atoms with Gasteiger partial charge >= 0.3 is 0 Å². The van der Waals surface area contributed by atoms with Crippen molar-refractivity contribution < 1.29 is 8.78 Å². The molecule has 0 aliphatic rings. The maximum absolute atomic E-state index is 12.1. The van der Waals surface area contributed by atoms with E-state index in [1.807, 2.05) is 0 Å². The topological polar surface area (TPSA) is 15.3 Å². The smallest absolute Gasteiger partial charge is 0.251 e. The van der Waals surface area contributed by atoms with Crippen LogP contribution in [0.3, 0.4) is 0 Å². The van der Waals surface area contributed by atoms with Crippen molar-refractivity contribution >= 4 is 0 Å². The molecule has 15 heavy (non-hydrogen) atoms. The molecule has 0 atom stereocenters. The second-order valence-electron chi connectivity index (χ2n) is 4.93. The lowest BCUT2D eigenvalue weighted by atomic mass is 9.93. The van der Waals surface area contributed by atoms with Crippen LogP contribution in [-0.2, 0) is 0 Å². The van der Waals surface area contributed by atoms with E-state index in [0.29, 0.717) is 6.54 Å². The largest absolute Gasteiger partial charge is 0.316 e. The molecule has 0 aromatic heterocycles. The number of alkyl halides is 2. The zero-order valence-corrected chi connectivity index (χ0v) is 10.3. The molecule has 4 heteroatoms. The van der Waals surface area contributed by atoms with Crippen LogP contribution in [-0.4, -0.2) is 44.6 Å². The van der Waals surface area contributed by atoms with Crippen LogP contribution >= 0.6 is 0 Å². The summed E-state index contributed by atoms with van der Waals surface area (Å²) < 4.78 is 24.2. The first-order valence-electron chi connectivity index (χ1n) is 5.55. The van der Waals surface area contributed by atoms with E-state index in [2.05, 4.69) is 26.1 Å². The predicted octanol–water partition coefficient (Wildman–Crippen LogP) is 2.21. The minimum Gasteiger partial charge on any atom is -0.316 e. The van der Waals surface area contributed by atoms with E-state index in [9.17, 15) is 8.78 Å². The summed E-state index contributed by atoms with van der Waals surface area (Å²) in [6.07, 6.45) is -1.14. The zero-order chi connectivity index (χ0) is 11.9. The van der Waals surface area contributed by atoms with E-state index in [1.165, 1.54) is 0 Å². The molecule has 0 saturated heterocycles. The van der Waals surface area contributed by atoms with Gasteiger partial charge in [0.25, 0.3) is 6.43 Å². The molecular formula is C11H24F2N2. The van der Waals surface area contributed by atoms with Crippen molar-refractivity contribution in [3.8, 4) is 0 Å². The first kappa shape index (κ1) is 14.8. The van der Waals surface area contributed by atoms with E-state index in [0.717, 1.165) is 19.5 Å². The maximum Gasteiger partial charge on any atom is 0.251 e. The molecule has 0 unspecified atom stereocenters. The highest BCUT2D eigenvalue weighted by molar-refractivity contribution is 4.75. The van der Waals surface area contributed by atoms with E-state index < -0.39 is 6.43 Å². The van der Waals surface area contributed by atoms with Gasteiger partial charge in [-0.15, -0.1) is 0 Å². The molecule has 0 bridgehead atoms. The second kappa shape index (κ2) is 7.12. The van der Waals surface area contributed by atoms with Crippen molar-refractivity contribution in [2.75, 3.05) is 33.2 Å². The molecule has 2 nitrogen and oxygen atoms in total. The molecule has 0 saturated carbocycles. The van der Waals surface area contributed by atoms with Crippen LogP contribution in [0.15, 0.2) is 0 Å². The summed E-state index contributed by atoms with van der Waals surface area (Å²) in [5.41, 5.74) is 0.0405. The minimum atomic E-state index is -2.24. The highest BCUT2D eigenvalue weighted by atomic mass is 19.3. The van der Waals surface area contributed by atoms with Gasteiger partial charge in [0.1, 0.15) is 0 Å². The van der Waals surface area contributed by atoms with Crippen molar-refractivity contribution in [1.82, 2.24) is 10.2 Å². The summed E-state index contributed by atoms with van der Waals surface area (Å²) in [6, 6.07) is 0. The summed E-state index contributed by atoms with van der Waals surface area (Å²) >= 11 is 0. The summed E-state index contributed by atoms with van der Waals surface area (Å²) in [7, 11) is 1.74. The maximum atomic E-state index is 12.1. The first-order valence-corrected chi connectivity index (χ1v) is 5.55. The van der Waals surface area contributed by atoms with Gasteiger partial charge in [0.15, 0.2) is 0 Å². The average molecular weight is 222 g/mol. The van der Waals surface area contributed by atoms with Crippen molar-refractivity contribution in [1.29, 1.82) is 0 Å². The molecule has 0 aromatic carbocycles. The number of halogens is 2. The SMILES string of the molecule is CCCNCC(C)(C)CN(C)CC(F)F. The summed E-state index contributed by atoms with van der Waals surface area (Å²) in [5, 5.41) is 3.32. The van der Waals surface area contributed by atoms with Gasteiger partial charge in [-0.05, 0) is 25.4 Å². The Bertz CT molecular complexity index is 161. The van der Waals surface area contributed by atoms with Crippen molar-refractivity contribution in [3.05, 3.63) is 0 Å². The third-order valence-electron chi connectivity index (χ3n) is 2.18. The van der Waals surface area contributed by atoms with Gasteiger partial charge in [0, 0.05) is 13.1 Å². The summed E-state index contributed by atoms with van der Waals surface area (Å²) in [6.45, 7) is 8.71. The third kappa shape index (κ3) is 8.75. The van der Waals surface area contributed by atoms with Gasteiger partial charge in [0.05, 0.1) is 6.54 Å². The van der Waals surface area contributed by atoms with Crippen molar-refractivity contribution in [2.45, 2.75) is 33.6 Å².